The minimum Gasteiger partial charge on any atom is -0.494 e. The largest absolute Gasteiger partial charge is 0.494 e. The molecule has 12 heteroatoms. The number of fused-ring (bicyclic) bond motifs is 2. The number of anilines is 5. The van der Waals surface area contributed by atoms with Gasteiger partial charge in [-0.3, -0.25) is 9.59 Å². The van der Waals surface area contributed by atoms with Crippen LogP contribution in [0.1, 0.15) is 30.7 Å². The fourth-order valence-corrected chi connectivity index (χ4v) is 6.38. The van der Waals surface area contributed by atoms with Crippen LogP contribution in [0.4, 0.5) is 28.8 Å². The van der Waals surface area contributed by atoms with Crippen molar-refractivity contribution in [3.63, 3.8) is 0 Å². The summed E-state index contributed by atoms with van der Waals surface area (Å²) >= 11 is 1.81. The van der Waals surface area contributed by atoms with Gasteiger partial charge in [-0.15, -0.1) is 11.3 Å². The van der Waals surface area contributed by atoms with E-state index in [4.69, 9.17) is 14.7 Å². The molecule has 2 aliphatic heterocycles. The summed E-state index contributed by atoms with van der Waals surface area (Å²) in [6.07, 6.45) is 3.05. The number of aromatic nitrogens is 3. The molecule has 0 aliphatic carbocycles. The highest BCUT2D eigenvalue weighted by Crippen LogP contribution is 2.39. The van der Waals surface area contributed by atoms with Crippen molar-refractivity contribution < 1.29 is 14.3 Å². The molecular formula is C30H34N8O3S. The number of carbonyl (C=O) groups excluding carboxylic acids is 2. The molecule has 2 aliphatic rings. The lowest BCUT2D eigenvalue weighted by Crippen LogP contribution is -2.48. The van der Waals surface area contributed by atoms with Gasteiger partial charge in [0.05, 0.1) is 29.6 Å². The van der Waals surface area contributed by atoms with E-state index in [-0.39, 0.29) is 11.8 Å². The van der Waals surface area contributed by atoms with Crippen molar-refractivity contribution in [3.8, 4) is 5.75 Å². The number of benzene rings is 1. The molecule has 1 aromatic carbocycles. The number of ether oxygens (including phenoxy) is 1. The van der Waals surface area contributed by atoms with Crippen LogP contribution < -0.4 is 25.2 Å². The van der Waals surface area contributed by atoms with Gasteiger partial charge in [0.1, 0.15) is 11.6 Å². The molecule has 2 N–H and O–H groups in total. The summed E-state index contributed by atoms with van der Waals surface area (Å²) < 4.78 is 5.81. The Morgan fingerprint density at radius 3 is 2.64 bits per heavy atom. The van der Waals surface area contributed by atoms with Crippen LogP contribution in [-0.2, 0) is 22.6 Å². The SMILES string of the molecule is CCC(=O)Nc1cc(Nc2nc(N3CCc4sccc4C3)c3cccnc3n2)c(OC)cc1N1CCN(C(C)=O)CC1. The molecule has 42 heavy (non-hydrogen) atoms. The number of amides is 2. The van der Waals surface area contributed by atoms with Crippen LogP contribution in [0.3, 0.4) is 0 Å². The van der Waals surface area contributed by atoms with Crippen LogP contribution in [0, 0.1) is 0 Å². The predicted octanol–water partition coefficient (Wildman–Crippen LogP) is 4.42. The number of piperazine rings is 1. The summed E-state index contributed by atoms with van der Waals surface area (Å²) in [7, 11) is 1.61. The molecule has 1 saturated heterocycles. The molecule has 11 nitrogen and oxygen atoms in total. The van der Waals surface area contributed by atoms with E-state index in [1.165, 1.54) is 10.4 Å². The maximum Gasteiger partial charge on any atom is 0.231 e. The van der Waals surface area contributed by atoms with Crippen LogP contribution in [0.5, 0.6) is 5.75 Å². The predicted molar refractivity (Wildman–Crippen MR) is 166 cm³/mol. The highest BCUT2D eigenvalue weighted by atomic mass is 32.1. The van der Waals surface area contributed by atoms with Crippen molar-refractivity contribution in [3.05, 3.63) is 52.3 Å². The van der Waals surface area contributed by atoms with E-state index in [2.05, 4.69) is 36.9 Å². The van der Waals surface area contributed by atoms with Crippen LogP contribution in [0.25, 0.3) is 11.0 Å². The number of pyridine rings is 1. The number of nitrogens with zero attached hydrogens (tertiary/aromatic N) is 6. The zero-order valence-corrected chi connectivity index (χ0v) is 24.8. The minimum atomic E-state index is -0.0962. The van der Waals surface area contributed by atoms with Crippen molar-refractivity contribution in [1.82, 2.24) is 19.9 Å². The first-order chi connectivity index (χ1) is 20.4. The van der Waals surface area contributed by atoms with Crippen LogP contribution in [0.15, 0.2) is 41.9 Å². The molecule has 0 unspecified atom stereocenters. The lowest BCUT2D eigenvalue weighted by atomic mass is 10.1. The molecule has 3 aromatic heterocycles. The molecular weight excluding hydrogens is 552 g/mol. The van der Waals surface area contributed by atoms with Gasteiger partial charge in [0.25, 0.3) is 0 Å². The number of methoxy groups -OCH3 is 1. The first-order valence-electron chi connectivity index (χ1n) is 14.2. The zero-order valence-electron chi connectivity index (χ0n) is 24.0. The fraction of sp³-hybridized carbons (Fsp3) is 0.367. The number of thiophene rings is 1. The van der Waals surface area contributed by atoms with Gasteiger partial charge in [-0.1, -0.05) is 6.92 Å². The normalized spacial score (nSPS) is 15.0. The smallest absolute Gasteiger partial charge is 0.231 e. The Morgan fingerprint density at radius 2 is 1.88 bits per heavy atom. The van der Waals surface area contributed by atoms with E-state index in [9.17, 15) is 9.59 Å². The molecule has 0 atom stereocenters. The number of hydrogen-bond donors (Lipinski definition) is 2. The van der Waals surface area contributed by atoms with Crippen LogP contribution >= 0.6 is 11.3 Å². The fourth-order valence-electron chi connectivity index (χ4n) is 5.49. The van der Waals surface area contributed by atoms with E-state index < -0.39 is 0 Å². The number of carbonyl (C=O) groups is 2. The Balaban J connectivity index is 1.36. The van der Waals surface area contributed by atoms with E-state index in [0.29, 0.717) is 61.3 Å². The summed E-state index contributed by atoms with van der Waals surface area (Å²) in [4.78, 5) is 46.4. The second kappa shape index (κ2) is 11.8. The third kappa shape index (κ3) is 5.54. The maximum atomic E-state index is 12.5. The van der Waals surface area contributed by atoms with Gasteiger partial charge >= 0.3 is 0 Å². The third-order valence-corrected chi connectivity index (χ3v) is 8.81. The van der Waals surface area contributed by atoms with Gasteiger partial charge in [0.15, 0.2) is 5.65 Å². The summed E-state index contributed by atoms with van der Waals surface area (Å²) in [5, 5.41) is 9.45. The first kappa shape index (κ1) is 27.7. The Hall–Kier alpha value is -4.45. The van der Waals surface area contributed by atoms with Crippen molar-refractivity contribution in [1.29, 1.82) is 0 Å². The highest BCUT2D eigenvalue weighted by molar-refractivity contribution is 7.10. The van der Waals surface area contributed by atoms with E-state index >= 15 is 0 Å². The first-order valence-corrected chi connectivity index (χ1v) is 15.0. The highest BCUT2D eigenvalue weighted by Gasteiger charge is 2.25. The lowest BCUT2D eigenvalue weighted by molar-refractivity contribution is -0.129. The molecule has 0 spiro atoms. The lowest BCUT2D eigenvalue weighted by Gasteiger charge is -2.36. The van der Waals surface area contributed by atoms with Gasteiger partial charge in [0, 0.05) is 69.8 Å². The summed E-state index contributed by atoms with van der Waals surface area (Å²) in [5.41, 5.74) is 4.04. The van der Waals surface area contributed by atoms with Gasteiger partial charge in [-0.05, 0) is 41.6 Å². The van der Waals surface area contributed by atoms with Gasteiger partial charge in [-0.25, -0.2) is 4.98 Å². The van der Waals surface area contributed by atoms with Gasteiger partial charge in [0.2, 0.25) is 17.8 Å². The minimum absolute atomic E-state index is 0.0656. The Morgan fingerprint density at radius 1 is 1.05 bits per heavy atom. The van der Waals surface area contributed by atoms with E-state index in [1.54, 1.807) is 31.6 Å². The van der Waals surface area contributed by atoms with E-state index in [1.807, 2.05) is 36.1 Å². The Labute approximate surface area is 248 Å². The standard InChI is InChI=1S/C30H34N8O3S/c1-4-27(40)32-22-16-23(25(41-3)17-24(22)37-13-11-36(12-14-37)19(2)39)33-30-34-28-21(6-5-9-31-28)29(35-30)38-10-7-26-20(18-38)8-15-42-26/h5-6,8-9,15-17H,4,7,10-14,18H2,1-3H3,(H,32,40)(H,31,33,34,35). The van der Waals surface area contributed by atoms with Crippen molar-refractivity contribution >= 4 is 63.0 Å². The van der Waals surface area contributed by atoms with Gasteiger partial charge < -0.3 is 30.1 Å². The summed E-state index contributed by atoms with van der Waals surface area (Å²) in [6.45, 7) is 7.57. The molecule has 0 saturated carbocycles. The Bertz CT molecular complexity index is 1630. The quantitative estimate of drug-likeness (QED) is 0.325. The summed E-state index contributed by atoms with van der Waals surface area (Å²) in [5.74, 6) is 1.77. The molecule has 0 radical (unpaired) electrons. The molecule has 6 rings (SSSR count). The summed E-state index contributed by atoms with van der Waals surface area (Å²) in [6, 6.07) is 9.88. The third-order valence-electron chi connectivity index (χ3n) is 7.78. The zero-order chi connectivity index (χ0) is 29.2. The van der Waals surface area contributed by atoms with E-state index in [0.717, 1.165) is 36.4 Å². The number of rotatable bonds is 7. The molecule has 4 aromatic rings. The molecule has 218 valence electrons. The molecule has 5 heterocycles. The second-order valence-electron chi connectivity index (χ2n) is 10.4. The van der Waals surface area contributed by atoms with Gasteiger partial charge in [-0.2, -0.15) is 9.97 Å². The topological polar surface area (TPSA) is 116 Å². The molecule has 0 bridgehead atoms. The monoisotopic (exact) mass is 586 g/mol. The average molecular weight is 587 g/mol. The number of nitrogens with one attached hydrogen (secondary N) is 2. The van der Waals surface area contributed by atoms with Crippen molar-refractivity contribution in [2.75, 3.05) is 60.3 Å². The molecule has 1 fully saturated rings. The second-order valence-corrected chi connectivity index (χ2v) is 11.4. The average Bonchev–Trinajstić information content (AvgIpc) is 3.49. The van der Waals surface area contributed by atoms with Crippen molar-refractivity contribution in [2.45, 2.75) is 33.2 Å². The van der Waals surface area contributed by atoms with Crippen LogP contribution in [-0.4, -0.2) is 71.5 Å². The maximum absolute atomic E-state index is 12.5. The Kier molecular flexibility index (Phi) is 7.79. The number of hydrogen-bond acceptors (Lipinski definition) is 10. The van der Waals surface area contributed by atoms with Crippen LogP contribution in [0.2, 0.25) is 0 Å². The van der Waals surface area contributed by atoms with Crippen molar-refractivity contribution in [2.24, 2.45) is 0 Å². The molecule has 2 amide bonds.